The zero-order valence-electron chi connectivity index (χ0n) is 22.9. The second-order valence-electron chi connectivity index (χ2n) is 10.0. The van der Waals surface area contributed by atoms with Crippen molar-refractivity contribution in [3.8, 4) is 17.1 Å². The van der Waals surface area contributed by atoms with E-state index >= 15 is 8.78 Å². The number of carbonyl (C=O) groups excluding carboxylic acids is 1. The van der Waals surface area contributed by atoms with Crippen LogP contribution in [-0.2, 0) is 29.0 Å². The summed E-state index contributed by atoms with van der Waals surface area (Å²) in [6, 6.07) is 13.4. The molecule has 7 nitrogen and oxygen atoms in total. The van der Waals surface area contributed by atoms with Crippen LogP contribution in [0.2, 0.25) is 0 Å². The maximum Gasteiger partial charge on any atom is 0.337 e. The van der Waals surface area contributed by atoms with Crippen molar-refractivity contribution < 1.29 is 32.2 Å². The summed E-state index contributed by atoms with van der Waals surface area (Å²) in [6.45, 7) is 1.20. The third-order valence-electron chi connectivity index (χ3n) is 7.28. The molecule has 0 unspecified atom stereocenters. The molecule has 5 aromatic rings. The third kappa shape index (κ3) is 6.31. The van der Waals surface area contributed by atoms with Crippen LogP contribution in [0.5, 0.6) is 5.88 Å². The average molecular weight is 673 g/mol. The monoisotopic (exact) mass is 671 g/mol. The van der Waals surface area contributed by atoms with Gasteiger partial charge >= 0.3 is 5.97 Å². The predicted octanol–water partition coefficient (Wildman–Crippen LogP) is 7.48. The van der Waals surface area contributed by atoms with Crippen molar-refractivity contribution in [2.24, 2.45) is 0 Å². The Morgan fingerprint density at radius 3 is 2.65 bits per heavy atom. The lowest BCUT2D eigenvalue weighted by Gasteiger charge is -2.26. The van der Waals surface area contributed by atoms with Crippen molar-refractivity contribution in [2.45, 2.75) is 38.5 Å². The predicted molar refractivity (Wildman–Crippen MR) is 159 cm³/mol. The summed E-state index contributed by atoms with van der Waals surface area (Å²) >= 11 is 4.44. The van der Waals surface area contributed by atoms with E-state index in [-0.39, 0.29) is 41.8 Å². The summed E-state index contributed by atoms with van der Waals surface area (Å²) in [4.78, 5) is 21.6. The average Bonchev–Trinajstić information content (AvgIpc) is 3.49. The van der Waals surface area contributed by atoms with E-state index in [2.05, 4.69) is 20.9 Å². The Bertz CT molecular complexity index is 1820. The van der Waals surface area contributed by atoms with E-state index in [1.807, 2.05) is 4.57 Å². The number of pyridine rings is 1. The summed E-state index contributed by atoms with van der Waals surface area (Å²) in [5.41, 5.74) is 1.97. The van der Waals surface area contributed by atoms with Crippen molar-refractivity contribution in [1.29, 1.82) is 0 Å². The van der Waals surface area contributed by atoms with Crippen LogP contribution in [0.4, 0.5) is 13.2 Å². The Labute approximate surface area is 257 Å². The molecule has 0 saturated carbocycles. The molecule has 0 bridgehead atoms. The highest BCUT2D eigenvalue weighted by Crippen LogP contribution is 2.30. The quantitative estimate of drug-likeness (QED) is 0.143. The number of benzene rings is 2. The van der Waals surface area contributed by atoms with Gasteiger partial charge in [-0.15, -0.1) is 11.3 Å². The highest BCUT2D eigenvalue weighted by molar-refractivity contribution is 9.11. The number of hydrogen-bond donors (Lipinski definition) is 0. The normalized spacial score (nSPS) is 14.6. The van der Waals surface area contributed by atoms with Crippen LogP contribution in [0.1, 0.15) is 39.5 Å². The molecule has 0 radical (unpaired) electrons. The molecule has 2 aromatic carbocycles. The number of carbonyl (C=O) groups is 1. The molecule has 0 amide bonds. The fourth-order valence-electron chi connectivity index (χ4n) is 4.94. The van der Waals surface area contributed by atoms with E-state index < -0.39 is 23.4 Å². The summed E-state index contributed by atoms with van der Waals surface area (Å²) in [7, 11) is 1.31. The Kier molecular flexibility index (Phi) is 8.51. The molecule has 0 aliphatic carbocycles. The number of rotatable bonds is 10. The minimum atomic E-state index is -0.659. The summed E-state index contributed by atoms with van der Waals surface area (Å²) in [6.07, 6.45) is 1.83. The van der Waals surface area contributed by atoms with Crippen LogP contribution < -0.4 is 4.74 Å². The standard InChI is InChI=1S/C31H25BrF3N3O4S/c1-40-31(39)17-5-6-25-26(12-17)38(9-7-19-8-10-41-19)29(36-25)13-18-11-22(34)20(14-21(18)33)24-3-2-4-30(37-24)42-16-27-23(35)15-28(32)43-27/h2-6,11-12,14-15,19H,7-10,13,16H2,1H3/t19-/m1/s1. The van der Waals surface area contributed by atoms with Gasteiger partial charge in [-0.25, -0.2) is 27.9 Å². The molecular formula is C31H25BrF3N3O4S. The van der Waals surface area contributed by atoms with E-state index in [9.17, 15) is 9.18 Å². The number of ether oxygens (including phenoxy) is 3. The summed E-state index contributed by atoms with van der Waals surface area (Å²) < 4.78 is 63.5. The van der Waals surface area contributed by atoms with Crippen LogP contribution in [0.15, 0.2) is 58.4 Å². The first kappa shape index (κ1) is 29.3. The highest BCUT2D eigenvalue weighted by atomic mass is 79.9. The fourth-order valence-corrected chi connectivity index (χ4v) is 6.40. The van der Waals surface area contributed by atoms with Gasteiger partial charge in [-0.3, -0.25) is 0 Å². The molecule has 6 rings (SSSR count). The molecule has 1 saturated heterocycles. The highest BCUT2D eigenvalue weighted by Gasteiger charge is 2.22. The molecule has 0 N–H and O–H groups in total. The number of aryl methyl sites for hydroxylation is 1. The lowest BCUT2D eigenvalue weighted by Crippen LogP contribution is -2.28. The number of thiophene rings is 1. The Morgan fingerprint density at radius 2 is 1.93 bits per heavy atom. The lowest BCUT2D eigenvalue weighted by atomic mass is 10.0. The number of nitrogens with zero attached hydrogens (tertiary/aromatic N) is 3. The molecule has 1 aliphatic rings. The van der Waals surface area contributed by atoms with E-state index in [0.29, 0.717) is 37.6 Å². The van der Waals surface area contributed by atoms with Crippen molar-refractivity contribution in [3.05, 3.63) is 97.7 Å². The molecule has 12 heteroatoms. The maximum absolute atomic E-state index is 15.5. The minimum Gasteiger partial charge on any atom is -0.472 e. The number of halogens is 4. The van der Waals surface area contributed by atoms with Crippen molar-refractivity contribution >= 4 is 44.3 Å². The number of aromatic nitrogens is 3. The number of esters is 1. The summed E-state index contributed by atoms with van der Waals surface area (Å²) in [5.74, 6) is -1.47. The van der Waals surface area contributed by atoms with E-state index in [4.69, 9.17) is 19.2 Å². The summed E-state index contributed by atoms with van der Waals surface area (Å²) in [5, 5.41) is 0. The van der Waals surface area contributed by atoms with Crippen molar-refractivity contribution in [1.82, 2.24) is 14.5 Å². The number of hydrogen-bond acceptors (Lipinski definition) is 7. The molecule has 1 atom stereocenters. The van der Waals surface area contributed by atoms with E-state index in [1.54, 1.807) is 36.4 Å². The maximum atomic E-state index is 15.5. The van der Waals surface area contributed by atoms with Crippen LogP contribution in [0.3, 0.4) is 0 Å². The molecule has 4 heterocycles. The molecule has 0 spiro atoms. The first-order valence-electron chi connectivity index (χ1n) is 13.5. The van der Waals surface area contributed by atoms with Crippen LogP contribution >= 0.6 is 27.3 Å². The molecule has 1 aliphatic heterocycles. The Hall–Kier alpha value is -3.74. The second kappa shape index (κ2) is 12.5. The zero-order chi connectivity index (χ0) is 30.1. The van der Waals surface area contributed by atoms with Gasteiger partial charge in [0.05, 0.1) is 44.2 Å². The topological polar surface area (TPSA) is 75.5 Å². The van der Waals surface area contributed by atoms with Crippen LogP contribution in [0, 0.1) is 17.5 Å². The first-order chi connectivity index (χ1) is 20.8. The largest absolute Gasteiger partial charge is 0.472 e. The third-order valence-corrected chi connectivity index (χ3v) is 8.87. The number of fused-ring (bicyclic) bond motifs is 1. The van der Waals surface area contributed by atoms with Crippen molar-refractivity contribution in [2.75, 3.05) is 13.7 Å². The van der Waals surface area contributed by atoms with Gasteiger partial charge in [-0.2, -0.15) is 0 Å². The molecule has 222 valence electrons. The van der Waals surface area contributed by atoms with Gasteiger partial charge < -0.3 is 18.8 Å². The Morgan fingerprint density at radius 1 is 1.09 bits per heavy atom. The zero-order valence-corrected chi connectivity index (χ0v) is 25.3. The van der Waals surface area contributed by atoms with E-state index in [0.717, 1.165) is 31.6 Å². The number of methoxy groups -OCH3 is 1. The number of imidazole rings is 1. The lowest BCUT2D eigenvalue weighted by molar-refractivity contribution is -0.0563. The van der Waals surface area contributed by atoms with Crippen molar-refractivity contribution in [3.63, 3.8) is 0 Å². The Balaban J connectivity index is 1.27. The van der Waals surface area contributed by atoms with Gasteiger partial charge in [0, 0.05) is 31.2 Å². The van der Waals surface area contributed by atoms with Gasteiger partial charge in [-0.1, -0.05) is 6.07 Å². The van der Waals surface area contributed by atoms with Crippen LogP contribution in [-0.4, -0.2) is 40.3 Å². The van der Waals surface area contributed by atoms with Gasteiger partial charge in [0.1, 0.15) is 29.9 Å². The smallest absolute Gasteiger partial charge is 0.337 e. The van der Waals surface area contributed by atoms with Gasteiger partial charge in [0.2, 0.25) is 5.88 Å². The SMILES string of the molecule is COC(=O)c1ccc2nc(Cc3cc(F)c(-c4cccc(OCc5sc(Br)cc5F)n4)cc3F)n(CC[C@@H]3CCO3)c2c1. The fraction of sp³-hybridized carbons (Fsp3) is 0.258. The van der Waals surface area contributed by atoms with E-state index in [1.165, 1.54) is 24.5 Å². The molecule has 3 aromatic heterocycles. The second-order valence-corrected chi connectivity index (χ2v) is 12.5. The first-order valence-corrected chi connectivity index (χ1v) is 15.1. The van der Waals surface area contributed by atoms with Gasteiger partial charge in [0.25, 0.3) is 0 Å². The minimum absolute atomic E-state index is 0.0231. The molecular weight excluding hydrogens is 647 g/mol. The molecule has 43 heavy (non-hydrogen) atoms. The molecule has 1 fully saturated rings. The van der Waals surface area contributed by atoms with Gasteiger partial charge in [-0.05, 0) is 76.8 Å². The van der Waals surface area contributed by atoms with Gasteiger partial charge in [0.15, 0.2) is 0 Å². The van der Waals surface area contributed by atoms with Crippen LogP contribution in [0.25, 0.3) is 22.3 Å².